The zero-order valence-electron chi connectivity index (χ0n) is 37.0. The van der Waals surface area contributed by atoms with Gasteiger partial charge in [0.25, 0.3) is 17.1 Å². The lowest BCUT2D eigenvalue weighted by Gasteiger charge is -2.20. The van der Waals surface area contributed by atoms with Gasteiger partial charge in [-0.2, -0.15) is 0 Å². The average molecular weight is 1070 g/mol. The molecular formula is C42H60Cl4FN11O12. The fraction of sp³-hybridized carbons (Fsp3) is 0.286. The lowest BCUT2D eigenvalue weighted by Crippen LogP contribution is -2.38. The Labute approximate surface area is 426 Å². The van der Waals surface area contributed by atoms with Gasteiger partial charge in [0.1, 0.15) is 5.82 Å². The number of hydrogen-bond donors (Lipinski definition) is 14. The Balaban J connectivity index is -0.000000919. The first kappa shape index (κ1) is 68.1. The standard InChI is InChI=1S/C16H18N4O6.C16H22N4O2.C6H4FNO2.C4H12N2O2.4ClH/c21-15(9-17-11-1-5-13(6-2-11)19(23)24)16(22)10-18-12-3-7-14(8-4-12)20(25)26;17-11-1-5-13(6-2-11)19-9-15(21)16(22)10-20-14-7-3-12(18)4-8-14;7-5-1-3-6(4-2-5)8(9)10;5-1-3(7)4(8)2-6;;;;/h1-8,15-18,21-22H,9-10H2;1-8,15-16,19-22H,9-10,17-18H2;1-4H;3-4,7-8H,1-2,5-6H2;4*1H. The van der Waals surface area contributed by atoms with E-state index in [9.17, 15) is 55.2 Å². The van der Waals surface area contributed by atoms with Crippen molar-refractivity contribution in [2.24, 2.45) is 11.5 Å². The molecule has 6 atom stereocenters. The van der Waals surface area contributed by atoms with E-state index in [1.807, 2.05) is 24.3 Å². The minimum atomic E-state index is -1.09. The summed E-state index contributed by atoms with van der Waals surface area (Å²) in [6.07, 6.45) is -5.70. The van der Waals surface area contributed by atoms with E-state index in [4.69, 9.17) is 33.1 Å². The van der Waals surface area contributed by atoms with E-state index in [0.717, 1.165) is 35.6 Å². The number of benzene rings is 5. The molecule has 0 radical (unpaired) electrons. The summed E-state index contributed by atoms with van der Waals surface area (Å²) in [5.74, 6) is -0.467. The second kappa shape index (κ2) is 36.8. The van der Waals surface area contributed by atoms with Crippen LogP contribution in [-0.4, -0.2) is 121 Å². The smallest absolute Gasteiger partial charge is 0.269 e. The maximum atomic E-state index is 12.1. The Hall–Kier alpha value is -6.13. The van der Waals surface area contributed by atoms with Gasteiger partial charge >= 0.3 is 0 Å². The van der Waals surface area contributed by atoms with Gasteiger partial charge in [-0.3, -0.25) is 30.3 Å². The normalized spacial score (nSPS) is 12.4. The van der Waals surface area contributed by atoms with E-state index in [2.05, 4.69) is 21.3 Å². The number of rotatable bonds is 20. The average Bonchev–Trinajstić information content (AvgIpc) is 3.32. The number of nitrogens with zero attached hydrogens (tertiary/aromatic N) is 3. The van der Waals surface area contributed by atoms with Crippen LogP contribution in [0.5, 0.6) is 0 Å². The van der Waals surface area contributed by atoms with E-state index in [1.165, 1.54) is 48.5 Å². The third kappa shape index (κ3) is 27.2. The maximum Gasteiger partial charge on any atom is 0.269 e. The first-order valence-corrected chi connectivity index (χ1v) is 19.9. The second-order valence-electron chi connectivity index (χ2n) is 14.0. The summed E-state index contributed by atoms with van der Waals surface area (Å²) < 4.78 is 12.1. The van der Waals surface area contributed by atoms with Crippen molar-refractivity contribution in [1.82, 2.24) is 0 Å². The summed E-state index contributed by atoms with van der Waals surface area (Å²) in [7, 11) is 0. The number of aliphatic hydroxyl groups is 6. The van der Waals surface area contributed by atoms with Crippen molar-refractivity contribution in [2.45, 2.75) is 36.6 Å². The van der Waals surface area contributed by atoms with Gasteiger partial charge in [-0.1, -0.05) is 0 Å². The number of hydrogen-bond acceptors (Lipinski definition) is 20. The fourth-order valence-corrected chi connectivity index (χ4v) is 4.91. The number of aliphatic hydroxyl groups excluding tert-OH is 6. The second-order valence-corrected chi connectivity index (χ2v) is 14.0. The zero-order valence-corrected chi connectivity index (χ0v) is 40.3. The summed E-state index contributed by atoms with van der Waals surface area (Å²) in [5, 5.41) is 100. The predicted molar refractivity (Wildman–Crippen MR) is 278 cm³/mol. The number of halogens is 5. The van der Waals surface area contributed by atoms with Crippen molar-refractivity contribution in [2.75, 3.05) is 72.0 Å². The topological polar surface area (TPSA) is 403 Å². The van der Waals surface area contributed by atoms with Gasteiger partial charge < -0.3 is 74.8 Å². The van der Waals surface area contributed by atoms with E-state index in [-0.39, 0.29) is 106 Å². The van der Waals surface area contributed by atoms with Crippen LogP contribution in [0.4, 0.5) is 55.6 Å². The number of nitrogen functional groups attached to an aromatic ring is 2. The van der Waals surface area contributed by atoms with Crippen LogP contribution in [0.1, 0.15) is 0 Å². The number of non-ortho nitro benzene ring substituents is 3. The van der Waals surface area contributed by atoms with Crippen LogP contribution in [0.2, 0.25) is 0 Å². The Morgan fingerprint density at radius 1 is 0.400 bits per heavy atom. The molecule has 6 unspecified atom stereocenters. The molecule has 390 valence electrons. The highest BCUT2D eigenvalue weighted by Crippen LogP contribution is 2.18. The quantitative estimate of drug-likeness (QED) is 0.0298. The summed E-state index contributed by atoms with van der Waals surface area (Å²) >= 11 is 0. The first-order valence-electron chi connectivity index (χ1n) is 19.9. The van der Waals surface area contributed by atoms with Crippen molar-refractivity contribution in [3.63, 3.8) is 0 Å². The molecule has 5 rings (SSSR count). The largest absolute Gasteiger partial charge is 0.399 e. The van der Waals surface area contributed by atoms with Gasteiger partial charge in [-0.05, 0) is 84.9 Å². The Bertz CT molecular complexity index is 2060. The molecule has 5 aromatic carbocycles. The minimum absolute atomic E-state index is 0. The molecule has 70 heavy (non-hydrogen) atoms. The summed E-state index contributed by atoms with van der Waals surface area (Å²) in [5.41, 5.74) is 25.2. The molecule has 5 aromatic rings. The Morgan fingerprint density at radius 3 is 0.800 bits per heavy atom. The molecule has 0 spiro atoms. The monoisotopic (exact) mass is 1070 g/mol. The molecule has 0 aliphatic heterocycles. The molecular weight excluding hydrogens is 1010 g/mol. The van der Waals surface area contributed by atoms with Gasteiger partial charge in [-0.25, -0.2) is 4.39 Å². The molecule has 23 nitrogen and oxygen atoms in total. The predicted octanol–water partition coefficient (Wildman–Crippen LogP) is 3.89. The zero-order chi connectivity index (χ0) is 49.2. The van der Waals surface area contributed by atoms with Crippen LogP contribution in [-0.2, 0) is 0 Å². The van der Waals surface area contributed by atoms with E-state index >= 15 is 0 Å². The van der Waals surface area contributed by atoms with Gasteiger partial charge in [0.2, 0.25) is 0 Å². The molecule has 0 bridgehead atoms. The number of nitro benzene ring substituents is 3. The van der Waals surface area contributed by atoms with Crippen LogP contribution in [0.25, 0.3) is 0 Å². The van der Waals surface area contributed by atoms with Crippen LogP contribution in [0.15, 0.2) is 121 Å². The van der Waals surface area contributed by atoms with Crippen LogP contribution in [0, 0.1) is 36.2 Å². The van der Waals surface area contributed by atoms with E-state index < -0.39 is 57.2 Å². The number of anilines is 6. The Kier molecular flexibility index (Phi) is 35.8. The SMILES string of the molecule is Cl.Cl.Cl.Cl.NCC(O)C(O)CN.Nc1ccc(NCC(O)C(O)CNc2ccc(N)cc2)cc1.O=[N+]([O-])c1ccc(F)cc1.O=[N+]([O-])c1ccc(NCC(O)C(O)CNc2ccc([N+](=O)[O-])cc2)cc1. The van der Waals surface area contributed by atoms with Gasteiger partial charge in [0.15, 0.2) is 0 Å². The highest BCUT2D eigenvalue weighted by Gasteiger charge is 2.18. The molecule has 18 N–H and O–H groups in total. The molecule has 28 heteroatoms. The molecule has 0 fully saturated rings. The fourth-order valence-electron chi connectivity index (χ4n) is 4.91. The molecule has 0 amide bonds. The van der Waals surface area contributed by atoms with E-state index in [1.54, 1.807) is 24.3 Å². The Morgan fingerprint density at radius 2 is 0.600 bits per heavy atom. The van der Waals surface area contributed by atoms with Crippen molar-refractivity contribution in [3.8, 4) is 0 Å². The maximum absolute atomic E-state index is 12.1. The van der Waals surface area contributed by atoms with Crippen molar-refractivity contribution in [1.29, 1.82) is 0 Å². The highest BCUT2D eigenvalue weighted by molar-refractivity contribution is 5.86. The number of nitrogens with two attached hydrogens (primary N) is 4. The van der Waals surface area contributed by atoms with Crippen molar-refractivity contribution >= 4 is 101 Å². The molecule has 0 aromatic heterocycles. The number of nitro groups is 3. The van der Waals surface area contributed by atoms with Gasteiger partial charge in [0.05, 0.1) is 51.4 Å². The lowest BCUT2D eigenvalue weighted by atomic mass is 10.2. The summed E-state index contributed by atoms with van der Waals surface area (Å²) in [4.78, 5) is 29.6. The summed E-state index contributed by atoms with van der Waals surface area (Å²) in [6.45, 7) is 0.682. The molecule has 0 saturated carbocycles. The minimum Gasteiger partial charge on any atom is -0.399 e. The van der Waals surface area contributed by atoms with Gasteiger partial charge in [-0.15, -0.1) is 49.6 Å². The van der Waals surface area contributed by atoms with Crippen LogP contribution in [0.3, 0.4) is 0 Å². The number of nitrogens with one attached hydrogen (secondary N) is 4. The van der Waals surface area contributed by atoms with Crippen LogP contribution >= 0.6 is 49.6 Å². The lowest BCUT2D eigenvalue weighted by molar-refractivity contribution is -0.385. The van der Waals surface area contributed by atoms with Gasteiger partial charge in [0, 0.05) is 110 Å². The van der Waals surface area contributed by atoms with Crippen molar-refractivity contribution in [3.05, 3.63) is 157 Å². The third-order valence-corrected chi connectivity index (χ3v) is 8.89. The molecule has 0 aliphatic rings. The molecule has 0 aliphatic carbocycles. The van der Waals surface area contributed by atoms with Crippen LogP contribution < -0.4 is 44.2 Å². The highest BCUT2D eigenvalue weighted by atomic mass is 35.5. The molecule has 0 saturated heterocycles. The van der Waals surface area contributed by atoms with Crippen molar-refractivity contribution < 1.29 is 49.8 Å². The first-order chi connectivity index (χ1) is 31.3. The molecule has 0 heterocycles. The third-order valence-electron chi connectivity index (χ3n) is 8.89. The van der Waals surface area contributed by atoms with E-state index in [0.29, 0.717) is 22.7 Å². The summed E-state index contributed by atoms with van der Waals surface area (Å²) in [6, 6.07) is 30.1.